The number of aliphatic hydroxyl groups excluding tert-OH is 1. The van der Waals surface area contributed by atoms with E-state index in [4.69, 9.17) is 9.84 Å². The molecule has 0 aliphatic carbocycles. The van der Waals surface area contributed by atoms with Crippen molar-refractivity contribution < 1.29 is 9.84 Å². The van der Waals surface area contributed by atoms with Gasteiger partial charge in [-0.1, -0.05) is 29.5 Å². The third-order valence-corrected chi connectivity index (χ3v) is 3.33. The number of rotatable bonds is 3. The lowest BCUT2D eigenvalue weighted by Gasteiger charge is -2.05. The molecule has 1 heterocycles. The van der Waals surface area contributed by atoms with Gasteiger partial charge in [-0.15, -0.1) is 11.3 Å². The van der Waals surface area contributed by atoms with Crippen LogP contribution in [0.4, 0.5) is 0 Å². The van der Waals surface area contributed by atoms with E-state index in [2.05, 4.69) is 11.8 Å². The molecule has 92 valence electrons. The van der Waals surface area contributed by atoms with E-state index in [1.54, 1.807) is 11.3 Å². The van der Waals surface area contributed by atoms with Gasteiger partial charge in [0.25, 0.3) is 0 Å². The van der Waals surface area contributed by atoms with E-state index in [1.165, 1.54) is 5.56 Å². The summed E-state index contributed by atoms with van der Waals surface area (Å²) in [4.78, 5) is 1.08. The van der Waals surface area contributed by atoms with Gasteiger partial charge < -0.3 is 9.84 Å². The number of hydrogen-bond donors (Lipinski definition) is 1. The number of thiophene rings is 1. The van der Waals surface area contributed by atoms with Gasteiger partial charge in [0.2, 0.25) is 0 Å². The van der Waals surface area contributed by atoms with Gasteiger partial charge >= 0.3 is 0 Å². The molecular formula is C15H14O2S. The Hall–Kier alpha value is -1.76. The van der Waals surface area contributed by atoms with Crippen molar-refractivity contribution in [3.8, 4) is 17.6 Å². The normalized spacial score (nSPS) is 9.67. The third kappa shape index (κ3) is 3.36. The summed E-state index contributed by atoms with van der Waals surface area (Å²) in [6, 6.07) is 9.91. The highest BCUT2D eigenvalue weighted by Crippen LogP contribution is 2.19. The average molecular weight is 258 g/mol. The van der Waals surface area contributed by atoms with Crippen molar-refractivity contribution in [1.29, 1.82) is 0 Å². The second-order valence-corrected chi connectivity index (χ2v) is 4.82. The van der Waals surface area contributed by atoms with Crippen LogP contribution in [0.3, 0.4) is 0 Å². The molecule has 0 saturated heterocycles. The van der Waals surface area contributed by atoms with Crippen molar-refractivity contribution in [3.05, 3.63) is 51.7 Å². The first-order valence-electron chi connectivity index (χ1n) is 5.65. The van der Waals surface area contributed by atoms with E-state index in [-0.39, 0.29) is 6.61 Å². The minimum Gasteiger partial charge on any atom is -0.488 e. The molecule has 3 heteroatoms. The first kappa shape index (κ1) is 12.7. The molecule has 2 nitrogen and oxygen atoms in total. The van der Waals surface area contributed by atoms with Crippen LogP contribution in [0.15, 0.2) is 35.7 Å². The third-order valence-electron chi connectivity index (χ3n) is 2.44. The molecule has 1 N–H and O–H groups in total. The Kier molecular flexibility index (Phi) is 4.40. The molecule has 0 radical (unpaired) electrons. The summed E-state index contributed by atoms with van der Waals surface area (Å²) in [7, 11) is 0. The van der Waals surface area contributed by atoms with Crippen LogP contribution in [0.25, 0.3) is 0 Å². The highest BCUT2D eigenvalue weighted by molar-refractivity contribution is 7.10. The maximum atomic E-state index is 8.69. The van der Waals surface area contributed by atoms with E-state index in [0.717, 1.165) is 16.2 Å². The highest BCUT2D eigenvalue weighted by Gasteiger charge is 2.03. The van der Waals surface area contributed by atoms with Crippen LogP contribution in [0.2, 0.25) is 0 Å². The van der Waals surface area contributed by atoms with Gasteiger partial charge in [0.1, 0.15) is 19.0 Å². The molecule has 1 aromatic heterocycles. The Morgan fingerprint density at radius 2 is 2.00 bits per heavy atom. The lowest BCUT2D eigenvalue weighted by Crippen LogP contribution is -1.94. The van der Waals surface area contributed by atoms with E-state index >= 15 is 0 Å². The van der Waals surface area contributed by atoms with Crippen LogP contribution >= 0.6 is 11.3 Å². The fourth-order valence-electron chi connectivity index (χ4n) is 1.48. The fraction of sp³-hybridized carbons (Fsp3) is 0.200. The topological polar surface area (TPSA) is 29.5 Å². The van der Waals surface area contributed by atoms with Crippen molar-refractivity contribution in [3.63, 3.8) is 0 Å². The van der Waals surface area contributed by atoms with Crippen molar-refractivity contribution in [1.82, 2.24) is 0 Å². The summed E-state index contributed by atoms with van der Waals surface area (Å²) in [5.41, 5.74) is 2.15. The minimum absolute atomic E-state index is 0.117. The average Bonchev–Trinajstić information content (AvgIpc) is 2.83. The summed E-state index contributed by atoms with van der Waals surface area (Å²) in [5, 5.41) is 10.7. The maximum Gasteiger partial charge on any atom is 0.124 e. The van der Waals surface area contributed by atoms with Crippen molar-refractivity contribution >= 4 is 11.3 Å². The second kappa shape index (κ2) is 6.25. The van der Waals surface area contributed by atoms with Crippen LogP contribution in [0.5, 0.6) is 5.75 Å². The maximum absolute atomic E-state index is 8.69. The van der Waals surface area contributed by atoms with E-state index < -0.39 is 0 Å². The zero-order chi connectivity index (χ0) is 12.8. The molecule has 0 saturated carbocycles. The summed E-state index contributed by atoms with van der Waals surface area (Å²) >= 11 is 1.61. The Balaban J connectivity index is 2.02. The van der Waals surface area contributed by atoms with Gasteiger partial charge in [0, 0.05) is 5.56 Å². The molecule has 0 spiro atoms. The molecule has 0 amide bonds. The van der Waals surface area contributed by atoms with E-state index in [9.17, 15) is 0 Å². The van der Waals surface area contributed by atoms with Gasteiger partial charge in [-0.2, -0.15) is 0 Å². The minimum atomic E-state index is -0.117. The number of ether oxygens (including phenoxy) is 1. The molecule has 2 rings (SSSR count). The van der Waals surface area contributed by atoms with Crippen molar-refractivity contribution in [2.24, 2.45) is 0 Å². The van der Waals surface area contributed by atoms with Gasteiger partial charge in [0.05, 0.1) is 4.88 Å². The van der Waals surface area contributed by atoms with Gasteiger partial charge in [0.15, 0.2) is 0 Å². The monoisotopic (exact) mass is 258 g/mol. The SMILES string of the molecule is Cc1ccc(OCc2sccc2C#CCO)cc1. The van der Waals surface area contributed by atoms with Crippen molar-refractivity contribution in [2.75, 3.05) is 6.61 Å². The van der Waals surface area contributed by atoms with Gasteiger partial charge in [-0.25, -0.2) is 0 Å². The largest absolute Gasteiger partial charge is 0.488 e. The van der Waals surface area contributed by atoms with Crippen LogP contribution in [-0.4, -0.2) is 11.7 Å². The van der Waals surface area contributed by atoms with Crippen LogP contribution in [0.1, 0.15) is 16.0 Å². The fourth-order valence-corrected chi connectivity index (χ4v) is 2.22. The van der Waals surface area contributed by atoms with Crippen LogP contribution in [0, 0.1) is 18.8 Å². The smallest absolute Gasteiger partial charge is 0.124 e. The van der Waals surface area contributed by atoms with Crippen molar-refractivity contribution in [2.45, 2.75) is 13.5 Å². The standard InChI is InChI=1S/C15H14O2S/c1-12-4-6-14(7-5-12)17-11-15-13(3-2-9-16)8-10-18-15/h4-8,10,16H,9,11H2,1H3. The molecule has 0 aliphatic heterocycles. The molecule has 0 aliphatic rings. The zero-order valence-corrected chi connectivity index (χ0v) is 11.0. The first-order chi connectivity index (χ1) is 8.79. The Morgan fingerprint density at radius 1 is 1.22 bits per heavy atom. The first-order valence-corrected chi connectivity index (χ1v) is 6.53. The second-order valence-electron chi connectivity index (χ2n) is 3.82. The quantitative estimate of drug-likeness (QED) is 0.858. The number of aryl methyl sites for hydroxylation is 1. The number of benzene rings is 1. The molecule has 1 aromatic carbocycles. The summed E-state index contributed by atoms with van der Waals surface area (Å²) < 4.78 is 5.71. The number of aliphatic hydroxyl groups is 1. The van der Waals surface area contributed by atoms with Gasteiger partial charge in [-0.3, -0.25) is 0 Å². The molecule has 0 atom stereocenters. The summed E-state index contributed by atoms with van der Waals surface area (Å²) in [5.74, 6) is 6.43. The Bertz CT molecular complexity index is 558. The van der Waals surface area contributed by atoms with E-state index in [1.807, 2.05) is 42.6 Å². The Labute approximate surface area is 111 Å². The molecular weight excluding hydrogens is 244 g/mol. The zero-order valence-electron chi connectivity index (χ0n) is 10.1. The van der Waals surface area contributed by atoms with Crippen LogP contribution in [-0.2, 0) is 6.61 Å². The number of hydrogen-bond acceptors (Lipinski definition) is 3. The molecule has 0 fully saturated rings. The Morgan fingerprint density at radius 3 is 2.72 bits per heavy atom. The predicted molar refractivity (Wildman–Crippen MR) is 73.8 cm³/mol. The lowest BCUT2D eigenvalue weighted by molar-refractivity contribution is 0.309. The molecule has 0 unspecified atom stereocenters. The molecule has 0 bridgehead atoms. The lowest BCUT2D eigenvalue weighted by atomic mass is 10.2. The van der Waals surface area contributed by atoms with Crippen LogP contribution < -0.4 is 4.74 Å². The van der Waals surface area contributed by atoms with Gasteiger partial charge in [-0.05, 0) is 30.5 Å². The predicted octanol–water partition coefficient (Wildman–Crippen LogP) is 2.98. The summed E-state index contributed by atoms with van der Waals surface area (Å²) in [6.45, 7) is 2.44. The highest BCUT2D eigenvalue weighted by atomic mass is 32.1. The molecule has 18 heavy (non-hydrogen) atoms. The molecule has 2 aromatic rings. The van der Waals surface area contributed by atoms with E-state index in [0.29, 0.717) is 6.61 Å². The summed E-state index contributed by atoms with van der Waals surface area (Å²) in [6.07, 6.45) is 0.